The molecule has 1 aliphatic heterocycles. The number of nitrogens with zero attached hydrogens (tertiary/aromatic N) is 3. The fourth-order valence-electron chi connectivity index (χ4n) is 4.32. The molecule has 0 saturated heterocycles. The van der Waals surface area contributed by atoms with E-state index in [1.165, 1.54) is 18.3 Å². The van der Waals surface area contributed by atoms with E-state index in [1.807, 2.05) is 18.2 Å². The smallest absolute Gasteiger partial charge is 0.279 e. The van der Waals surface area contributed by atoms with Crippen LogP contribution in [0, 0.1) is 5.82 Å². The van der Waals surface area contributed by atoms with Gasteiger partial charge < -0.3 is 14.4 Å². The largest absolute Gasteiger partial charge is 0.356 e. The molecule has 0 aliphatic carbocycles. The first-order valence-corrected chi connectivity index (χ1v) is 12.9. The van der Waals surface area contributed by atoms with Crippen LogP contribution in [-0.2, 0) is 36.0 Å². The minimum absolute atomic E-state index is 0.216. The maximum Gasteiger partial charge on any atom is 0.279 e. The van der Waals surface area contributed by atoms with E-state index in [9.17, 15) is 12.8 Å². The van der Waals surface area contributed by atoms with Crippen LogP contribution >= 0.6 is 0 Å². The van der Waals surface area contributed by atoms with E-state index in [0.29, 0.717) is 24.4 Å². The first kappa shape index (κ1) is 22.5. The van der Waals surface area contributed by atoms with Gasteiger partial charge >= 0.3 is 0 Å². The van der Waals surface area contributed by atoms with Crippen LogP contribution in [0.3, 0.4) is 0 Å². The molecule has 3 heterocycles. The Balaban J connectivity index is 1.10. The quantitative estimate of drug-likeness (QED) is 0.330. The summed E-state index contributed by atoms with van der Waals surface area (Å²) >= 11 is 0. The number of aryl methyl sites for hydroxylation is 2. The summed E-state index contributed by atoms with van der Waals surface area (Å²) in [4.78, 5) is 4.23. The van der Waals surface area contributed by atoms with E-state index in [0.717, 1.165) is 61.1 Å². The molecule has 8 nitrogen and oxygen atoms in total. The number of benzene rings is 2. The number of sulfonamides is 1. The molecule has 0 unspecified atom stereocenters. The van der Waals surface area contributed by atoms with Crippen molar-refractivity contribution in [1.29, 1.82) is 0 Å². The molecular formula is C24H26FN5O3S. The van der Waals surface area contributed by atoms with Crippen LogP contribution in [0.5, 0.6) is 0 Å². The van der Waals surface area contributed by atoms with E-state index in [4.69, 9.17) is 4.52 Å². The number of halogens is 1. The van der Waals surface area contributed by atoms with Crippen LogP contribution in [0.4, 0.5) is 10.1 Å². The second kappa shape index (κ2) is 9.55. The highest BCUT2D eigenvalue weighted by Crippen LogP contribution is 2.23. The maximum absolute atomic E-state index is 13.3. The van der Waals surface area contributed by atoms with Gasteiger partial charge in [-0.3, -0.25) is 4.72 Å². The number of nitrogens with one attached hydrogen (secondary N) is 2. The summed E-state index contributed by atoms with van der Waals surface area (Å²) < 4.78 is 48.6. The molecule has 2 aromatic heterocycles. The number of hydrogen-bond acceptors (Lipinski definition) is 6. The summed E-state index contributed by atoms with van der Waals surface area (Å²) in [6.45, 7) is 2.12. The Morgan fingerprint density at radius 2 is 2.06 bits per heavy atom. The molecule has 0 bridgehead atoms. The van der Waals surface area contributed by atoms with Gasteiger partial charge in [-0.15, -0.1) is 0 Å². The van der Waals surface area contributed by atoms with Gasteiger partial charge in [-0.2, -0.15) is 8.42 Å². The lowest BCUT2D eigenvalue weighted by atomic mass is 10.1. The van der Waals surface area contributed by atoms with Crippen LogP contribution in [0.1, 0.15) is 36.3 Å². The van der Waals surface area contributed by atoms with Gasteiger partial charge in [0, 0.05) is 36.7 Å². The highest BCUT2D eigenvalue weighted by Gasteiger charge is 2.25. The fourth-order valence-corrected chi connectivity index (χ4v) is 5.54. The first-order chi connectivity index (χ1) is 16.5. The zero-order valence-corrected chi connectivity index (χ0v) is 19.4. The number of imidazole rings is 1. The number of unbranched alkanes of at least 4 members (excludes halogenated alkanes) is 1. The molecule has 2 N–H and O–H groups in total. The predicted molar refractivity (Wildman–Crippen MR) is 126 cm³/mol. The molecular weight excluding hydrogens is 457 g/mol. The van der Waals surface area contributed by atoms with Gasteiger partial charge in [0.15, 0.2) is 10.6 Å². The van der Waals surface area contributed by atoms with E-state index in [-0.39, 0.29) is 10.8 Å². The van der Waals surface area contributed by atoms with Crippen molar-refractivity contribution in [2.75, 3.05) is 11.3 Å². The molecule has 10 heteroatoms. The fraction of sp³-hybridized carbons (Fsp3) is 0.333. The van der Waals surface area contributed by atoms with Crippen LogP contribution in [0.15, 0.2) is 58.2 Å². The normalized spacial score (nSPS) is 13.4. The minimum atomic E-state index is -3.69. The highest BCUT2D eigenvalue weighted by molar-refractivity contribution is 7.92. The molecule has 0 fully saturated rings. The lowest BCUT2D eigenvalue weighted by molar-refractivity contribution is 0.442. The average Bonchev–Trinajstić information content (AvgIpc) is 3.52. The number of fused-ring (bicyclic) bond motifs is 2. The Bertz CT molecular complexity index is 1410. The van der Waals surface area contributed by atoms with Crippen molar-refractivity contribution in [2.24, 2.45) is 0 Å². The van der Waals surface area contributed by atoms with E-state index in [2.05, 4.69) is 20.2 Å². The molecule has 0 spiro atoms. The van der Waals surface area contributed by atoms with E-state index < -0.39 is 10.0 Å². The molecule has 0 amide bonds. The Kier molecular flexibility index (Phi) is 6.34. The zero-order chi connectivity index (χ0) is 23.5. The van der Waals surface area contributed by atoms with Gasteiger partial charge in [0.1, 0.15) is 11.6 Å². The molecule has 2 aromatic carbocycles. The van der Waals surface area contributed by atoms with Crippen LogP contribution < -0.4 is 10.0 Å². The lowest BCUT2D eigenvalue weighted by Crippen LogP contribution is -2.18. The zero-order valence-electron chi connectivity index (χ0n) is 18.6. The third kappa shape index (κ3) is 4.83. The molecule has 34 heavy (non-hydrogen) atoms. The number of aromatic nitrogens is 3. The predicted octanol–water partition coefficient (Wildman–Crippen LogP) is 4.02. The summed E-state index contributed by atoms with van der Waals surface area (Å²) in [6.07, 6.45) is 5.78. The van der Waals surface area contributed by atoms with Crippen LogP contribution in [-0.4, -0.2) is 29.7 Å². The van der Waals surface area contributed by atoms with Crippen molar-refractivity contribution < 1.29 is 17.3 Å². The second-order valence-corrected chi connectivity index (χ2v) is 10.1. The Morgan fingerprint density at radius 1 is 1.15 bits per heavy atom. The Hall–Kier alpha value is -3.24. The Morgan fingerprint density at radius 3 is 2.97 bits per heavy atom. The summed E-state index contributed by atoms with van der Waals surface area (Å²) in [6, 6.07) is 11.9. The summed E-state index contributed by atoms with van der Waals surface area (Å²) in [5, 5.41) is 8.52. The first-order valence-electron chi connectivity index (χ1n) is 11.4. The van der Waals surface area contributed by atoms with Crippen molar-refractivity contribution in [3.05, 3.63) is 71.6 Å². The third-order valence-corrected chi connectivity index (χ3v) is 7.37. The van der Waals surface area contributed by atoms with Gasteiger partial charge in [-0.05, 0) is 62.1 Å². The topological polar surface area (TPSA) is 102 Å². The molecule has 4 aromatic rings. The summed E-state index contributed by atoms with van der Waals surface area (Å²) in [5.41, 5.74) is 2.84. The SMILES string of the molecule is O=S(=O)(Nc1cccc(CNCCCCc2noc3cc(F)ccc23)c1)c1cnc2n1CCC2. The van der Waals surface area contributed by atoms with Gasteiger partial charge in [0.05, 0.1) is 11.9 Å². The summed E-state index contributed by atoms with van der Waals surface area (Å²) in [7, 11) is -3.69. The highest BCUT2D eigenvalue weighted by atomic mass is 32.2. The van der Waals surface area contributed by atoms with Gasteiger partial charge in [-0.25, -0.2) is 9.37 Å². The van der Waals surface area contributed by atoms with E-state index >= 15 is 0 Å². The Labute approximate surface area is 197 Å². The molecule has 178 valence electrons. The molecule has 0 atom stereocenters. The number of rotatable bonds is 10. The molecule has 0 radical (unpaired) electrons. The number of anilines is 1. The lowest BCUT2D eigenvalue weighted by Gasteiger charge is -2.11. The maximum atomic E-state index is 13.3. The van der Waals surface area contributed by atoms with Crippen molar-refractivity contribution in [3.8, 4) is 0 Å². The van der Waals surface area contributed by atoms with Crippen LogP contribution in [0.25, 0.3) is 11.0 Å². The van der Waals surface area contributed by atoms with Crippen molar-refractivity contribution in [2.45, 2.75) is 50.2 Å². The van der Waals surface area contributed by atoms with Crippen molar-refractivity contribution in [3.63, 3.8) is 0 Å². The molecule has 5 rings (SSSR count). The second-order valence-electron chi connectivity index (χ2n) is 8.48. The third-order valence-electron chi connectivity index (χ3n) is 5.99. The average molecular weight is 484 g/mol. The summed E-state index contributed by atoms with van der Waals surface area (Å²) in [5.74, 6) is 0.491. The number of hydrogen-bond donors (Lipinski definition) is 2. The monoisotopic (exact) mass is 483 g/mol. The van der Waals surface area contributed by atoms with E-state index in [1.54, 1.807) is 16.7 Å². The molecule has 0 saturated carbocycles. The van der Waals surface area contributed by atoms with Gasteiger partial charge in [0.25, 0.3) is 10.0 Å². The molecule has 1 aliphatic rings. The van der Waals surface area contributed by atoms with Gasteiger partial charge in [-0.1, -0.05) is 17.3 Å². The van der Waals surface area contributed by atoms with Crippen molar-refractivity contribution in [1.82, 2.24) is 20.0 Å². The minimum Gasteiger partial charge on any atom is -0.356 e. The van der Waals surface area contributed by atoms with Gasteiger partial charge in [0.2, 0.25) is 0 Å². The standard InChI is InChI=1S/C24H26FN5O3S/c25-18-9-10-20-21(28-33-22(20)14-18)7-1-2-11-26-15-17-5-3-6-19(13-17)29-34(31,32)24-16-27-23-8-4-12-30(23)24/h3,5-6,9-10,13-14,16,26,29H,1-2,4,7-8,11-12,15H2. The van der Waals surface area contributed by atoms with Crippen LogP contribution in [0.2, 0.25) is 0 Å². The van der Waals surface area contributed by atoms with Crippen molar-refractivity contribution >= 4 is 26.7 Å².